The highest BCUT2D eigenvalue weighted by atomic mass is 15.2. The van der Waals surface area contributed by atoms with Crippen molar-refractivity contribution in [1.82, 2.24) is 9.80 Å². The van der Waals surface area contributed by atoms with Gasteiger partial charge < -0.3 is 9.80 Å². The molecule has 1 aliphatic rings. The van der Waals surface area contributed by atoms with Crippen LogP contribution in [0.15, 0.2) is 24.8 Å². The maximum Gasteiger partial charge on any atom is 0.0220 e. The zero-order valence-electron chi connectivity index (χ0n) is 10.2. The molecule has 0 saturated carbocycles. The van der Waals surface area contributed by atoms with Gasteiger partial charge in [0.15, 0.2) is 0 Å². The van der Waals surface area contributed by atoms with Gasteiger partial charge in [0, 0.05) is 37.9 Å². The molecule has 0 saturated heterocycles. The molecule has 2 nitrogen and oxygen atoms in total. The molecular weight excluding hydrogens is 184 g/mol. The maximum absolute atomic E-state index is 2.28. The van der Waals surface area contributed by atoms with Crippen molar-refractivity contribution in [3.63, 3.8) is 0 Å². The van der Waals surface area contributed by atoms with Crippen LogP contribution in [0.25, 0.3) is 0 Å². The molecular formula is C13H24N2. The fourth-order valence-electron chi connectivity index (χ4n) is 1.72. The highest BCUT2D eigenvalue weighted by Gasteiger charge is 2.01. The lowest BCUT2D eigenvalue weighted by Crippen LogP contribution is -2.21. The maximum atomic E-state index is 2.28. The highest BCUT2D eigenvalue weighted by molar-refractivity contribution is 5.00. The van der Waals surface area contributed by atoms with Crippen LogP contribution in [0.1, 0.15) is 46.0 Å². The fourth-order valence-corrected chi connectivity index (χ4v) is 1.72. The molecule has 1 rings (SSSR count). The summed E-state index contributed by atoms with van der Waals surface area (Å²) in [6.07, 6.45) is 15.2. The Morgan fingerprint density at radius 2 is 1.27 bits per heavy atom. The van der Waals surface area contributed by atoms with E-state index in [2.05, 4.69) is 48.4 Å². The van der Waals surface area contributed by atoms with E-state index < -0.39 is 0 Å². The van der Waals surface area contributed by atoms with Gasteiger partial charge in [-0.25, -0.2) is 0 Å². The van der Waals surface area contributed by atoms with Gasteiger partial charge in [0.2, 0.25) is 0 Å². The van der Waals surface area contributed by atoms with Gasteiger partial charge in [0.1, 0.15) is 0 Å². The van der Waals surface area contributed by atoms with Crippen molar-refractivity contribution in [2.45, 2.75) is 46.0 Å². The molecule has 0 amide bonds. The predicted octanol–water partition coefficient (Wildman–Crippen LogP) is 3.54. The van der Waals surface area contributed by atoms with Crippen LogP contribution in [-0.4, -0.2) is 22.9 Å². The van der Waals surface area contributed by atoms with Crippen LogP contribution in [0.4, 0.5) is 0 Å². The molecule has 0 atom stereocenters. The van der Waals surface area contributed by atoms with Gasteiger partial charge in [-0.05, 0) is 12.8 Å². The summed E-state index contributed by atoms with van der Waals surface area (Å²) < 4.78 is 0. The number of nitrogens with zero attached hydrogens (tertiary/aromatic N) is 2. The average molecular weight is 208 g/mol. The summed E-state index contributed by atoms with van der Waals surface area (Å²) in [4.78, 5) is 4.52. The Bertz CT molecular complexity index is 195. The van der Waals surface area contributed by atoms with Gasteiger partial charge in [-0.1, -0.05) is 33.1 Å². The minimum atomic E-state index is 1.12. The van der Waals surface area contributed by atoms with Crippen molar-refractivity contribution < 1.29 is 0 Å². The number of hydrogen-bond acceptors (Lipinski definition) is 2. The van der Waals surface area contributed by atoms with Crippen molar-refractivity contribution in [2.24, 2.45) is 0 Å². The molecule has 0 radical (unpaired) electrons. The van der Waals surface area contributed by atoms with Crippen LogP contribution in [0.3, 0.4) is 0 Å². The molecule has 0 aromatic carbocycles. The SMILES string of the molecule is CCCCCCN1C=CN(CCC)C=C1. The lowest BCUT2D eigenvalue weighted by Gasteiger charge is -2.24. The molecule has 15 heavy (non-hydrogen) atoms. The number of hydrogen-bond donors (Lipinski definition) is 0. The molecule has 0 unspecified atom stereocenters. The van der Waals surface area contributed by atoms with Crippen molar-refractivity contribution in [3.05, 3.63) is 24.8 Å². The lowest BCUT2D eigenvalue weighted by molar-refractivity contribution is 0.408. The summed E-state index contributed by atoms with van der Waals surface area (Å²) in [5.41, 5.74) is 0. The first-order valence-corrected chi connectivity index (χ1v) is 6.25. The second-order valence-electron chi connectivity index (χ2n) is 4.13. The smallest absolute Gasteiger partial charge is 0.0220 e. The third-order valence-corrected chi connectivity index (χ3v) is 2.65. The first-order chi connectivity index (χ1) is 7.36. The van der Waals surface area contributed by atoms with E-state index in [4.69, 9.17) is 0 Å². The molecule has 0 aliphatic carbocycles. The highest BCUT2D eigenvalue weighted by Crippen LogP contribution is 2.07. The summed E-state index contributed by atoms with van der Waals surface area (Å²) in [5.74, 6) is 0. The van der Waals surface area contributed by atoms with Crippen LogP contribution in [-0.2, 0) is 0 Å². The first kappa shape index (κ1) is 12.2. The van der Waals surface area contributed by atoms with Crippen LogP contribution in [0.5, 0.6) is 0 Å². The molecule has 0 spiro atoms. The Balaban J connectivity index is 2.13. The zero-order valence-corrected chi connectivity index (χ0v) is 10.2. The van der Waals surface area contributed by atoms with E-state index in [0.717, 1.165) is 13.1 Å². The van der Waals surface area contributed by atoms with E-state index in [1.807, 2.05) is 0 Å². The number of unbranched alkanes of at least 4 members (excludes halogenated alkanes) is 3. The van der Waals surface area contributed by atoms with E-state index >= 15 is 0 Å². The van der Waals surface area contributed by atoms with Crippen LogP contribution >= 0.6 is 0 Å². The summed E-state index contributed by atoms with van der Waals surface area (Å²) in [6, 6.07) is 0. The van der Waals surface area contributed by atoms with Gasteiger partial charge >= 0.3 is 0 Å². The standard InChI is InChI=1S/C13H24N2/c1-3-5-6-7-9-15-12-10-14(8-4-2)11-13-15/h10-13H,3-9H2,1-2H3. The topological polar surface area (TPSA) is 6.48 Å². The Kier molecular flexibility index (Phi) is 5.98. The van der Waals surface area contributed by atoms with Gasteiger partial charge in [0.25, 0.3) is 0 Å². The third kappa shape index (κ3) is 4.91. The number of rotatable bonds is 7. The molecule has 0 fully saturated rings. The first-order valence-electron chi connectivity index (χ1n) is 6.25. The fraction of sp³-hybridized carbons (Fsp3) is 0.692. The molecule has 1 heterocycles. The summed E-state index contributed by atoms with van der Waals surface area (Å²) in [7, 11) is 0. The molecule has 2 heteroatoms. The summed E-state index contributed by atoms with van der Waals surface area (Å²) in [6.45, 7) is 6.74. The van der Waals surface area contributed by atoms with E-state index in [1.54, 1.807) is 0 Å². The third-order valence-electron chi connectivity index (χ3n) is 2.65. The Labute approximate surface area is 94.3 Å². The second kappa shape index (κ2) is 7.38. The van der Waals surface area contributed by atoms with E-state index in [1.165, 1.54) is 32.1 Å². The summed E-state index contributed by atoms with van der Waals surface area (Å²) >= 11 is 0. The van der Waals surface area contributed by atoms with Crippen molar-refractivity contribution in [2.75, 3.05) is 13.1 Å². The van der Waals surface area contributed by atoms with E-state index in [0.29, 0.717) is 0 Å². The summed E-state index contributed by atoms with van der Waals surface area (Å²) in [5, 5.41) is 0. The lowest BCUT2D eigenvalue weighted by atomic mass is 10.2. The van der Waals surface area contributed by atoms with Crippen LogP contribution in [0, 0.1) is 0 Å². The minimum absolute atomic E-state index is 1.12. The zero-order chi connectivity index (χ0) is 10.9. The molecule has 86 valence electrons. The Hall–Kier alpha value is -0.920. The second-order valence-corrected chi connectivity index (χ2v) is 4.13. The average Bonchev–Trinajstić information content (AvgIpc) is 2.27. The van der Waals surface area contributed by atoms with Gasteiger partial charge in [-0.2, -0.15) is 0 Å². The molecule has 0 bridgehead atoms. The molecule has 0 N–H and O–H groups in total. The molecule has 0 aromatic rings. The van der Waals surface area contributed by atoms with Crippen molar-refractivity contribution in [3.8, 4) is 0 Å². The monoisotopic (exact) mass is 208 g/mol. The van der Waals surface area contributed by atoms with Crippen molar-refractivity contribution >= 4 is 0 Å². The quantitative estimate of drug-likeness (QED) is 0.590. The molecule has 1 aliphatic heterocycles. The minimum Gasteiger partial charge on any atom is -0.351 e. The van der Waals surface area contributed by atoms with Gasteiger partial charge in [0.05, 0.1) is 0 Å². The Morgan fingerprint density at radius 3 is 1.80 bits per heavy atom. The largest absolute Gasteiger partial charge is 0.351 e. The molecule has 0 aromatic heterocycles. The van der Waals surface area contributed by atoms with Crippen LogP contribution in [0.2, 0.25) is 0 Å². The normalized spacial score (nSPS) is 15.1. The van der Waals surface area contributed by atoms with E-state index in [-0.39, 0.29) is 0 Å². The van der Waals surface area contributed by atoms with Crippen LogP contribution < -0.4 is 0 Å². The van der Waals surface area contributed by atoms with Crippen molar-refractivity contribution in [1.29, 1.82) is 0 Å². The Morgan fingerprint density at radius 1 is 0.667 bits per heavy atom. The van der Waals surface area contributed by atoms with Gasteiger partial charge in [-0.3, -0.25) is 0 Å². The van der Waals surface area contributed by atoms with E-state index in [9.17, 15) is 0 Å². The predicted molar refractivity (Wildman–Crippen MR) is 66.1 cm³/mol. The van der Waals surface area contributed by atoms with Gasteiger partial charge in [-0.15, -0.1) is 0 Å².